The van der Waals surface area contributed by atoms with Gasteiger partial charge in [-0.05, 0) is 25.0 Å². The van der Waals surface area contributed by atoms with Crippen molar-refractivity contribution in [3.05, 3.63) is 24.5 Å². The molecule has 0 spiro atoms. The van der Waals surface area contributed by atoms with Crippen LogP contribution >= 0.6 is 24.8 Å². The van der Waals surface area contributed by atoms with Gasteiger partial charge in [-0.25, -0.2) is 0 Å². The lowest BCUT2D eigenvalue weighted by Crippen LogP contribution is -2.29. The van der Waals surface area contributed by atoms with Crippen molar-refractivity contribution < 1.29 is 9.53 Å². The van der Waals surface area contributed by atoms with Gasteiger partial charge < -0.3 is 15.8 Å². The Hall–Kier alpha value is -0.880. The molecule has 0 saturated carbocycles. The molecule has 1 fully saturated rings. The van der Waals surface area contributed by atoms with Crippen LogP contribution in [0.3, 0.4) is 0 Å². The molecule has 0 aromatic carbocycles. The Balaban J connectivity index is 0.00000144. The molecule has 0 aliphatic carbocycles. The van der Waals surface area contributed by atoms with Gasteiger partial charge in [-0.1, -0.05) is 0 Å². The third kappa shape index (κ3) is 4.42. The second-order valence-electron chi connectivity index (χ2n) is 3.79. The molecule has 1 aliphatic heterocycles. The summed E-state index contributed by atoms with van der Waals surface area (Å²) in [6, 6.07) is 3.56. The van der Waals surface area contributed by atoms with Gasteiger partial charge >= 0.3 is 0 Å². The average Bonchev–Trinajstić information content (AvgIpc) is 2.79. The maximum atomic E-state index is 11.8. The van der Waals surface area contributed by atoms with Gasteiger partial charge in [-0.3, -0.25) is 9.78 Å². The lowest BCUT2D eigenvalue weighted by molar-refractivity contribution is -0.126. The minimum atomic E-state index is -0.381. The highest BCUT2D eigenvalue weighted by Gasteiger charge is 2.29. The third-order valence-electron chi connectivity index (χ3n) is 2.59. The molecule has 0 radical (unpaired) electrons. The van der Waals surface area contributed by atoms with E-state index >= 15 is 0 Å². The topological polar surface area (TPSA) is 77.2 Å². The van der Waals surface area contributed by atoms with E-state index in [4.69, 9.17) is 10.5 Å². The SMILES string of the molecule is Cl.Cl.NC[C@H]1CC[C@@H](C(=O)Nc2cccnc2)O1. The van der Waals surface area contributed by atoms with Crippen LogP contribution in [0.4, 0.5) is 5.69 Å². The number of halogens is 2. The first-order chi connectivity index (χ1) is 7.79. The number of hydrogen-bond donors (Lipinski definition) is 2. The summed E-state index contributed by atoms with van der Waals surface area (Å²) in [5.41, 5.74) is 6.17. The fourth-order valence-electron chi connectivity index (χ4n) is 1.73. The van der Waals surface area contributed by atoms with Crippen molar-refractivity contribution in [1.29, 1.82) is 0 Å². The van der Waals surface area contributed by atoms with Crippen LogP contribution in [0.15, 0.2) is 24.5 Å². The van der Waals surface area contributed by atoms with Gasteiger partial charge in [0.2, 0.25) is 0 Å². The number of anilines is 1. The van der Waals surface area contributed by atoms with Gasteiger partial charge in [0.1, 0.15) is 6.10 Å². The first-order valence-corrected chi connectivity index (χ1v) is 5.36. The highest BCUT2D eigenvalue weighted by Crippen LogP contribution is 2.20. The van der Waals surface area contributed by atoms with Crippen molar-refractivity contribution in [1.82, 2.24) is 4.98 Å². The normalized spacial score (nSPS) is 21.6. The van der Waals surface area contributed by atoms with Crippen LogP contribution in [0.2, 0.25) is 0 Å². The van der Waals surface area contributed by atoms with Gasteiger partial charge in [0, 0.05) is 12.7 Å². The van der Waals surface area contributed by atoms with E-state index in [0.29, 0.717) is 12.2 Å². The Morgan fingerprint density at radius 1 is 1.50 bits per heavy atom. The van der Waals surface area contributed by atoms with E-state index in [9.17, 15) is 4.79 Å². The fraction of sp³-hybridized carbons (Fsp3) is 0.455. The van der Waals surface area contributed by atoms with Crippen LogP contribution in [0, 0.1) is 0 Å². The molecule has 0 unspecified atom stereocenters. The van der Waals surface area contributed by atoms with E-state index in [1.807, 2.05) is 0 Å². The minimum absolute atomic E-state index is 0. The molecular weight excluding hydrogens is 277 g/mol. The summed E-state index contributed by atoms with van der Waals surface area (Å²) in [5, 5.41) is 2.76. The predicted octanol–water partition coefficient (Wildman–Crippen LogP) is 1.37. The second kappa shape index (κ2) is 8.26. The summed E-state index contributed by atoms with van der Waals surface area (Å²) < 4.78 is 5.49. The fourth-order valence-corrected chi connectivity index (χ4v) is 1.73. The second-order valence-corrected chi connectivity index (χ2v) is 3.79. The zero-order valence-electron chi connectivity index (χ0n) is 9.74. The molecule has 1 aliphatic rings. The quantitative estimate of drug-likeness (QED) is 0.882. The summed E-state index contributed by atoms with van der Waals surface area (Å²) in [5.74, 6) is -0.121. The standard InChI is InChI=1S/C11H15N3O2.2ClH/c12-6-9-3-4-10(16-9)11(15)14-8-2-1-5-13-7-8;;/h1-2,5,7,9-10H,3-4,6,12H2,(H,14,15);2*1H/t9-,10+;;/m1../s1. The number of aromatic nitrogens is 1. The van der Waals surface area contributed by atoms with Crippen LogP contribution in [0.5, 0.6) is 0 Å². The predicted molar refractivity (Wildman–Crippen MR) is 74.3 cm³/mol. The Morgan fingerprint density at radius 2 is 2.28 bits per heavy atom. The smallest absolute Gasteiger partial charge is 0.253 e. The number of ether oxygens (including phenoxy) is 1. The van der Waals surface area contributed by atoms with Crippen LogP contribution in [-0.4, -0.2) is 29.6 Å². The number of amides is 1. The molecule has 2 atom stereocenters. The van der Waals surface area contributed by atoms with Crippen LogP contribution in [0.1, 0.15) is 12.8 Å². The Bertz CT molecular complexity index is 365. The summed E-state index contributed by atoms with van der Waals surface area (Å²) in [7, 11) is 0. The molecule has 18 heavy (non-hydrogen) atoms. The van der Waals surface area contributed by atoms with E-state index in [1.165, 1.54) is 0 Å². The lowest BCUT2D eigenvalue weighted by Gasteiger charge is -2.12. The maximum Gasteiger partial charge on any atom is 0.253 e. The number of nitrogens with two attached hydrogens (primary N) is 1. The lowest BCUT2D eigenvalue weighted by atomic mass is 10.2. The molecule has 1 aromatic heterocycles. The van der Waals surface area contributed by atoms with Crippen LogP contribution in [-0.2, 0) is 9.53 Å². The average molecular weight is 294 g/mol. The third-order valence-corrected chi connectivity index (χ3v) is 2.59. The molecule has 5 nitrogen and oxygen atoms in total. The van der Waals surface area contributed by atoms with Crippen molar-refractivity contribution >= 4 is 36.4 Å². The minimum Gasteiger partial charge on any atom is -0.364 e. The van der Waals surface area contributed by atoms with Gasteiger partial charge in [-0.2, -0.15) is 0 Å². The molecular formula is C11H17Cl2N3O2. The first kappa shape index (κ1) is 17.1. The molecule has 0 bridgehead atoms. The first-order valence-electron chi connectivity index (χ1n) is 5.36. The molecule has 2 heterocycles. The van der Waals surface area contributed by atoms with E-state index in [0.717, 1.165) is 12.8 Å². The number of nitrogens with zero attached hydrogens (tertiary/aromatic N) is 1. The highest BCUT2D eigenvalue weighted by atomic mass is 35.5. The Labute approximate surface area is 118 Å². The van der Waals surface area contributed by atoms with Crippen molar-refractivity contribution in [2.24, 2.45) is 5.73 Å². The Morgan fingerprint density at radius 3 is 2.83 bits per heavy atom. The number of carbonyl (C=O) groups excluding carboxylic acids is 1. The summed E-state index contributed by atoms with van der Waals surface area (Å²) in [6.45, 7) is 0.469. The van der Waals surface area contributed by atoms with Crippen molar-refractivity contribution in [2.75, 3.05) is 11.9 Å². The monoisotopic (exact) mass is 293 g/mol. The van der Waals surface area contributed by atoms with Crippen LogP contribution in [0.25, 0.3) is 0 Å². The van der Waals surface area contributed by atoms with E-state index in [-0.39, 0.29) is 42.9 Å². The molecule has 1 saturated heterocycles. The molecule has 102 valence electrons. The number of nitrogens with one attached hydrogen (secondary N) is 1. The summed E-state index contributed by atoms with van der Waals surface area (Å²) >= 11 is 0. The molecule has 3 N–H and O–H groups in total. The zero-order valence-corrected chi connectivity index (χ0v) is 11.4. The number of rotatable bonds is 3. The molecule has 2 rings (SSSR count). The van der Waals surface area contributed by atoms with E-state index < -0.39 is 0 Å². The van der Waals surface area contributed by atoms with Crippen LogP contribution < -0.4 is 11.1 Å². The number of hydrogen-bond acceptors (Lipinski definition) is 4. The zero-order chi connectivity index (χ0) is 11.4. The number of carbonyl (C=O) groups is 1. The molecule has 7 heteroatoms. The molecule has 1 aromatic rings. The van der Waals surface area contributed by atoms with E-state index in [1.54, 1.807) is 24.5 Å². The molecule has 1 amide bonds. The van der Waals surface area contributed by atoms with Gasteiger partial charge in [-0.15, -0.1) is 24.8 Å². The van der Waals surface area contributed by atoms with Crippen molar-refractivity contribution in [3.8, 4) is 0 Å². The van der Waals surface area contributed by atoms with E-state index in [2.05, 4.69) is 10.3 Å². The Kier molecular flexibility index (Phi) is 7.86. The van der Waals surface area contributed by atoms with Gasteiger partial charge in [0.25, 0.3) is 5.91 Å². The van der Waals surface area contributed by atoms with Gasteiger partial charge in [0.05, 0.1) is 18.0 Å². The summed E-state index contributed by atoms with van der Waals surface area (Å²) in [6.07, 6.45) is 4.48. The largest absolute Gasteiger partial charge is 0.364 e. The highest BCUT2D eigenvalue weighted by molar-refractivity contribution is 5.94. The van der Waals surface area contributed by atoms with Gasteiger partial charge in [0.15, 0.2) is 0 Å². The number of pyridine rings is 1. The van der Waals surface area contributed by atoms with Crippen molar-refractivity contribution in [2.45, 2.75) is 25.0 Å². The van der Waals surface area contributed by atoms with Crippen molar-refractivity contribution in [3.63, 3.8) is 0 Å². The summed E-state index contributed by atoms with van der Waals surface area (Å²) in [4.78, 5) is 15.7. The maximum absolute atomic E-state index is 11.8.